The molecule has 2 aromatic heterocycles. The highest BCUT2D eigenvalue weighted by Crippen LogP contribution is 2.43. The SMILES string of the molecule is C[C@@H]1Cc2c([nH]c3ccccc23)[C@@H](c2ncc(Br)cc2OC(F)F)N1CC(F)F. The number of aromatic amines is 1. The molecule has 1 aliphatic rings. The first-order chi connectivity index (χ1) is 13.8. The number of ether oxygens (including phenoxy) is 1. The van der Waals surface area contributed by atoms with Gasteiger partial charge in [0.25, 0.3) is 6.43 Å². The van der Waals surface area contributed by atoms with Crippen molar-refractivity contribution in [2.75, 3.05) is 6.54 Å². The lowest BCUT2D eigenvalue weighted by molar-refractivity contribution is -0.0520. The van der Waals surface area contributed by atoms with Gasteiger partial charge in [0.1, 0.15) is 5.69 Å². The van der Waals surface area contributed by atoms with Crippen LogP contribution in [0.2, 0.25) is 0 Å². The molecule has 1 aliphatic heterocycles. The molecular formula is C20H18BrF4N3O. The fourth-order valence-corrected chi connectivity index (χ4v) is 4.38. The first-order valence-corrected chi connectivity index (χ1v) is 9.88. The van der Waals surface area contributed by atoms with Gasteiger partial charge in [0.15, 0.2) is 5.75 Å². The summed E-state index contributed by atoms with van der Waals surface area (Å²) in [4.78, 5) is 9.20. The van der Waals surface area contributed by atoms with E-state index >= 15 is 0 Å². The lowest BCUT2D eigenvalue weighted by Crippen LogP contribution is -2.45. The smallest absolute Gasteiger partial charge is 0.387 e. The first kappa shape index (κ1) is 20.2. The number of nitrogens with zero attached hydrogens (tertiary/aromatic N) is 2. The van der Waals surface area contributed by atoms with Gasteiger partial charge in [-0.3, -0.25) is 9.88 Å². The normalized spacial score (nSPS) is 19.9. The fraction of sp³-hybridized carbons (Fsp3) is 0.350. The molecule has 3 heterocycles. The number of alkyl halides is 4. The van der Waals surface area contributed by atoms with E-state index in [2.05, 4.69) is 25.9 Å². The van der Waals surface area contributed by atoms with E-state index in [-0.39, 0.29) is 17.5 Å². The number of fused-ring (bicyclic) bond motifs is 3. The Labute approximate surface area is 173 Å². The molecule has 29 heavy (non-hydrogen) atoms. The van der Waals surface area contributed by atoms with Gasteiger partial charge in [-0.2, -0.15) is 8.78 Å². The number of para-hydroxylation sites is 1. The van der Waals surface area contributed by atoms with Crippen LogP contribution in [-0.4, -0.2) is 40.5 Å². The fourth-order valence-electron chi connectivity index (χ4n) is 4.07. The molecule has 0 unspecified atom stereocenters. The van der Waals surface area contributed by atoms with Crippen LogP contribution in [0.5, 0.6) is 5.75 Å². The maximum atomic E-state index is 13.4. The van der Waals surface area contributed by atoms with Gasteiger partial charge in [-0.15, -0.1) is 0 Å². The predicted molar refractivity (Wildman–Crippen MR) is 105 cm³/mol. The molecule has 4 nitrogen and oxygen atoms in total. The Morgan fingerprint density at radius 2 is 2.03 bits per heavy atom. The molecule has 154 valence electrons. The standard InChI is InChI=1S/C20H18BrF4N3O/c1-10-6-13-12-4-2-3-5-14(12)27-17(13)19(28(10)9-16(22)23)18-15(29-20(24)25)7-11(21)8-26-18/h2-5,7-8,10,16,19-20,27H,6,9H2,1H3/t10-,19+/m1/s1. The average Bonchev–Trinajstić information content (AvgIpc) is 3.00. The molecule has 0 spiro atoms. The van der Waals surface area contributed by atoms with E-state index in [0.717, 1.165) is 16.5 Å². The molecule has 0 bridgehead atoms. The summed E-state index contributed by atoms with van der Waals surface area (Å²) >= 11 is 3.21. The number of benzene rings is 1. The average molecular weight is 472 g/mol. The van der Waals surface area contributed by atoms with Gasteiger partial charge in [0.2, 0.25) is 0 Å². The second kappa shape index (κ2) is 7.95. The van der Waals surface area contributed by atoms with Crippen LogP contribution in [0, 0.1) is 0 Å². The summed E-state index contributed by atoms with van der Waals surface area (Å²) in [6.45, 7) is -1.71. The highest BCUT2D eigenvalue weighted by molar-refractivity contribution is 9.10. The van der Waals surface area contributed by atoms with Crippen LogP contribution in [-0.2, 0) is 6.42 Å². The molecule has 0 radical (unpaired) electrons. The maximum absolute atomic E-state index is 13.4. The number of halogens is 5. The molecule has 0 saturated carbocycles. The van der Waals surface area contributed by atoms with Crippen molar-refractivity contribution in [1.82, 2.24) is 14.9 Å². The summed E-state index contributed by atoms with van der Waals surface area (Å²) in [5, 5.41) is 0.990. The Kier molecular flexibility index (Phi) is 5.52. The van der Waals surface area contributed by atoms with Gasteiger partial charge >= 0.3 is 6.61 Å². The minimum absolute atomic E-state index is 0.141. The zero-order valence-electron chi connectivity index (χ0n) is 15.4. The number of rotatable bonds is 5. The van der Waals surface area contributed by atoms with Crippen molar-refractivity contribution in [2.45, 2.75) is 38.5 Å². The van der Waals surface area contributed by atoms with Crippen LogP contribution < -0.4 is 4.74 Å². The minimum atomic E-state index is -3.06. The summed E-state index contributed by atoms with van der Waals surface area (Å²) in [6.07, 6.45) is -0.569. The van der Waals surface area contributed by atoms with Crippen molar-refractivity contribution in [3.8, 4) is 5.75 Å². The number of nitrogens with one attached hydrogen (secondary N) is 1. The van der Waals surface area contributed by atoms with Crippen LogP contribution >= 0.6 is 15.9 Å². The third-order valence-corrected chi connectivity index (χ3v) is 5.62. The lowest BCUT2D eigenvalue weighted by Gasteiger charge is -2.40. The van der Waals surface area contributed by atoms with Crippen molar-refractivity contribution < 1.29 is 22.3 Å². The topological polar surface area (TPSA) is 41.1 Å². The first-order valence-electron chi connectivity index (χ1n) is 9.08. The van der Waals surface area contributed by atoms with Crippen LogP contribution in [0.15, 0.2) is 41.0 Å². The molecule has 0 amide bonds. The molecular weight excluding hydrogens is 454 g/mol. The number of hydrogen-bond donors (Lipinski definition) is 1. The molecule has 1 aromatic carbocycles. The van der Waals surface area contributed by atoms with Gasteiger partial charge in [-0.05, 0) is 47.0 Å². The third-order valence-electron chi connectivity index (χ3n) is 5.19. The number of hydrogen-bond acceptors (Lipinski definition) is 3. The predicted octanol–water partition coefficient (Wildman–Crippen LogP) is 5.53. The minimum Gasteiger partial charge on any atom is -0.433 e. The highest BCUT2D eigenvalue weighted by atomic mass is 79.9. The lowest BCUT2D eigenvalue weighted by atomic mass is 9.90. The number of aromatic nitrogens is 2. The van der Waals surface area contributed by atoms with Crippen molar-refractivity contribution in [2.24, 2.45) is 0 Å². The third kappa shape index (κ3) is 3.85. The molecule has 2 atom stereocenters. The summed E-state index contributed by atoms with van der Waals surface area (Å²) in [6, 6.07) is 8.02. The van der Waals surface area contributed by atoms with Gasteiger partial charge in [-0.25, -0.2) is 8.78 Å². The van der Waals surface area contributed by atoms with Crippen LogP contribution in [0.1, 0.15) is 29.9 Å². The van der Waals surface area contributed by atoms with Gasteiger partial charge < -0.3 is 9.72 Å². The molecule has 9 heteroatoms. The van der Waals surface area contributed by atoms with Crippen molar-refractivity contribution in [3.63, 3.8) is 0 Å². The van der Waals surface area contributed by atoms with Crippen LogP contribution in [0.3, 0.4) is 0 Å². The zero-order chi connectivity index (χ0) is 20.7. The van der Waals surface area contributed by atoms with E-state index in [1.54, 1.807) is 4.90 Å². The largest absolute Gasteiger partial charge is 0.433 e. The quantitative estimate of drug-likeness (QED) is 0.497. The molecule has 0 fully saturated rings. The summed E-state index contributed by atoms with van der Waals surface area (Å²) in [7, 11) is 0. The molecule has 3 aromatic rings. The Morgan fingerprint density at radius 1 is 1.28 bits per heavy atom. The van der Waals surface area contributed by atoms with E-state index < -0.39 is 25.6 Å². The summed E-state index contributed by atoms with van der Waals surface area (Å²) in [5.41, 5.74) is 2.70. The van der Waals surface area contributed by atoms with Gasteiger partial charge in [-0.1, -0.05) is 18.2 Å². The van der Waals surface area contributed by atoms with Crippen molar-refractivity contribution >= 4 is 26.8 Å². The Hall–Kier alpha value is -2.13. The van der Waals surface area contributed by atoms with Gasteiger partial charge in [0, 0.05) is 33.3 Å². The summed E-state index contributed by atoms with van der Waals surface area (Å²) < 4.78 is 58.1. The zero-order valence-corrected chi connectivity index (χ0v) is 17.0. The van der Waals surface area contributed by atoms with Crippen molar-refractivity contribution in [3.05, 3.63) is 58.0 Å². The Bertz CT molecular complexity index is 1030. The maximum Gasteiger partial charge on any atom is 0.387 e. The number of pyridine rings is 1. The molecule has 1 N–H and O–H groups in total. The summed E-state index contributed by atoms with van der Waals surface area (Å²) in [5.74, 6) is -0.141. The van der Waals surface area contributed by atoms with Crippen LogP contribution in [0.25, 0.3) is 10.9 Å². The van der Waals surface area contributed by atoms with E-state index in [4.69, 9.17) is 4.74 Å². The van der Waals surface area contributed by atoms with Crippen LogP contribution in [0.4, 0.5) is 17.6 Å². The molecule has 0 saturated heterocycles. The second-order valence-corrected chi connectivity index (χ2v) is 7.94. The van der Waals surface area contributed by atoms with Gasteiger partial charge in [0.05, 0.1) is 12.6 Å². The van der Waals surface area contributed by atoms with E-state index in [9.17, 15) is 17.6 Å². The molecule has 0 aliphatic carbocycles. The van der Waals surface area contributed by atoms with E-state index in [1.807, 2.05) is 31.2 Å². The molecule has 4 rings (SSSR count). The van der Waals surface area contributed by atoms with E-state index in [1.165, 1.54) is 12.3 Å². The van der Waals surface area contributed by atoms with Crippen molar-refractivity contribution in [1.29, 1.82) is 0 Å². The van der Waals surface area contributed by atoms with E-state index in [0.29, 0.717) is 16.6 Å². The second-order valence-electron chi connectivity index (χ2n) is 7.02. The Morgan fingerprint density at radius 3 is 2.76 bits per heavy atom. The Balaban J connectivity index is 1.93. The highest BCUT2D eigenvalue weighted by Gasteiger charge is 2.39. The number of H-pyrrole nitrogens is 1. The monoisotopic (exact) mass is 471 g/mol.